The number of carbonyl (C=O) groups is 1. The predicted molar refractivity (Wildman–Crippen MR) is 145 cm³/mol. The first-order chi connectivity index (χ1) is 16.0. The summed E-state index contributed by atoms with van der Waals surface area (Å²) in [5, 5.41) is 9.70. The summed E-state index contributed by atoms with van der Waals surface area (Å²) in [5.41, 5.74) is 0.0241. The SMILES string of the molecule is CCCCCCCCOC(=O)C(C#N)=COP(CCCC)(CCCC)(CCCC)CCCC. The number of ether oxygens (including phenoxy) is 1. The van der Waals surface area contributed by atoms with Crippen molar-refractivity contribution >= 4 is 12.8 Å². The van der Waals surface area contributed by atoms with Crippen molar-refractivity contribution in [1.82, 2.24) is 0 Å². The van der Waals surface area contributed by atoms with E-state index in [1.165, 1.54) is 31.9 Å². The van der Waals surface area contributed by atoms with Gasteiger partial charge in [-0.3, -0.25) is 0 Å². The molecule has 0 radical (unpaired) electrons. The molecule has 0 bridgehead atoms. The van der Waals surface area contributed by atoms with Crippen molar-refractivity contribution in [3.05, 3.63) is 11.8 Å². The molecule has 0 fully saturated rings. The second-order valence-corrected chi connectivity index (χ2v) is 15.5. The van der Waals surface area contributed by atoms with Gasteiger partial charge in [-0.15, -0.1) is 0 Å². The predicted octanol–water partition coefficient (Wildman–Crippen LogP) is 8.98. The van der Waals surface area contributed by atoms with Crippen LogP contribution >= 0.6 is 6.83 Å². The number of unbranched alkanes of at least 4 members (excludes halogenated alkanes) is 9. The third-order valence-corrected chi connectivity index (χ3v) is 13.3. The number of rotatable bonds is 22. The number of nitriles is 1. The normalized spacial score (nSPS) is 13.2. The first kappa shape index (κ1) is 31.9. The first-order valence-corrected chi connectivity index (χ1v) is 16.8. The summed E-state index contributed by atoms with van der Waals surface area (Å²) in [4.78, 5) is 12.6. The second-order valence-electron chi connectivity index (χ2n) is 9.82. The van der Waals surface area contributed by atoms with Gasteiger partial charge < -0.3 is 0 Å². The number of hydrogen-bond acceptors (Lipinski definition) is 4. The molecular formula is C28H54NO3P. The maximum atomic E-state index is 12.6. The number of hydrogen-bond donors (Lipinski definition) is 0. The molecule has 0 saturated heterocycles. The first-order valence-electron chi connectivity index (χ1n) is 13.9. The van der Waals surface area contributed by atoms with Gasteiger partial charge in [-0.05, 0) is 0 Å². The van der Waals surface area contributed by atoms with Crippen molar-refractivity contribution in [3.8, 4) is 6.07 Å². The van der Waals surface area contributed by atoms with E-state index in [1.807, 2.05) is 0 Å². The van der Waals surface area contributed by atoms with Crippen LogP contribution in [-0.2, 0) is 14.1 Å². The second kappa shape index (κ2) is 19.3. The van der Waals surface area contributed by atoms with Crippen molar-refractivity contribution in [3.63, 3.8) is 0 Å². The van der Waals surface area contributed by atoms with E-state index in [2.05, 4.69) is 40.7 Å². The summed E-state index contributed by atoms with van der Waals surface area (Å²) in [6.45, 7) is 8.99. The Kier molecular flexibility index (Phi) is 18.6. The molecule has 0 unspecified atom stereocenters. The zero-order valence-electron chi connectivity index (χ0n) is 22.6. The van der Waals surface area contributed by atoms with E-state index in [9.17, 15) is 10.1 Å². The Hall–Kier alpha value is -1.07. The van der Waals surface area contributed by atoms with Crippen LogP contribution in [0.25, 0.3) is 0 Å². The van der Waals surface area contributed by atoms with E-state index in [4.69, 9.17) is 9.26 Å². The van der Waals surface area contributed by atoms with Crippen LogP contribution in [0.15, 0.2) is 11.8 Å². The summed E-state index contributed by atoms with van der Waals surface area (Å²) < 4.78 is 12.2. The van der Waals surface area contributed by atoms with Crippen molar-refractivity contribution in [2.24, 2.45) is 0 Å². The van der Waals surface area contributed by atoms with Crippen molar-refractivity contribution in [1.29, 1.82) is 5.26 Å². The van der Waals surface area contributed by atoms with Crippen LogP contribution in [0.4, 0.5) is 0 Å². The van der Waals surface area contributed by atoms with Crippen molar-refractivity contribution in [2.45, 2.75) is 125 Å². The van der Waals surface area contributed by atoms with Gasteiger partial charge in [0.1, 0.15) is 0 Å². The van der Waals surface area contributed by atoms with Crippen molar-refractivity contribution in [2.75, 3.05) is 31.3 Å². The molecule has 0 N–H and O–H groups in total. The molecule has 0 aromatic rings. The van der Waals surface area contributed by atoms with Gasteiger partial charge in [0, 0.05) is 0 Å². The maximum absolute atomic E-state index is 12.6. The molecule has 5 heteroatoms. The Balaban J connectivity index is 5.51. The van der Waals surface area contributed by atoms with Crippen LogP contribution in [0.3, 0.4) is 0 Å². The molecule has 0 aromatic carbocycles. The fourth-order valence-corrected chi connectivity index (χ4v) is 11.2. The average Bonchev–Trinajstić information content (AvgIpc) is 2.84. The van der Waals surface area contributed by atoms with Crippen LogP contribution in [0.2, 0.25) is 0 Å². The molecular weight excluding hydrogens is 429 g/mol. The van der Waals surface area contributed by atoms with Crippen LogP contribution in [0, 0.1) is 11.3 Å². The molecule has 0 aliphatic rings. The van der Waals surface area contributed by atoms with Gasteiger partial charge in [0.25, 0.3) is 0 Å². The van der Waals surface area contributed by atoms with Gasteiger partial charge in [-0.25, -0.2) is 0 Å². The zero-order valence-corrected chi connectivity index (χ0v) is 23.5. The third-order valence-electron chi connectivity index (χ3n) is 6.85. The van der Waals surface area contributed by atoms with Gasteiger partial charge in [0.05, 0.1) is 0 Å². The fraction of sp³-hybridized carbons (Fsp3) is 0.857. The molecule has 0 saturated carbocycles. The molecule has 0 spiro atoms. The number of nitrogens with zero attached hydrogens (tertiary/aromatic N) is 1. The summed E-state index contributed by atoms with van der Waals surface area (Å²) >= 11 is 0. The quantitative estimate of drug-likeness (QED) is 0.0385. The van der Waals surface area contributed by atoms with Crippen LogP contribution in [0.5, 0.6) is 0 Å². The monoisotopic (exact) mass is 483 g/mol. The molecule has 4 nitrogen and oxygen atoms in total. The topological polar surface area (TPSA) is 59.3 Å². The molecule has 33 heavy (non-hydrogen) atoms. The molecule has 194 valence electrons. The molecule has 0 aliphatic carbocycles. The van der Waals surface area contributed by atoms with E-state index >= 15 is 0 Å². The van der Waals surface area contributed by atoms with Gasteiger partial charge in [0.2, 0.25) is 0 Å². The van der Waals surface area contributed by atoms with Crippen LogP contribution in [-0.4, -0.2) is 37.2 Å². The molecule has 0 heterocycles. The van der Waals surface area contributed by atoms with Gasteiger partial charge in [-0.1, -0.05) is 6.92 Å². The van der Waals surface area contributed by atoms with Gasteiger partial charge >= 0.3 is 199 Å². The van der Waals surface area contributed by atoms with Gasteiger partial charge in [-0.2, -0.15) is 0 Å². The number of esters is 1. The van der Waals surface area contributed by atoms with E-state index < -0.39 is 12.8 Å². The summed E-state index contributed by atoms with van der Waals surface area (Å²) in [5.74, 6) is -0.528. The van der Waals surface area contributed by atoms with E-state index in [-0.39, 0.29) is 5.57 Å². The molecule has 0 atom stereocenters. The molecule has 0 aromatic heterocycles. The zero-order chi connectivity index (χ0) is 24.9. The molecule has 0 rings (SSSR count). The third kappa shape index (κ3) is 12.8. The van der Waals surface area contributed by atoms with E-state index in [0.717, 1.165) is 88.9 Å². The molecule has 0 aliphatic heterocycles. The summed E-state index contributed by atoms with van der Waals surface area (Å²) in [7, 11) is 0. The summed E-state index contributed by atoms with van der Waals surface area (Å²) in [6, 6.07) is 2.07. The Morgan fingerprint density at radius 3 is 1.55 bits per heavy atom. The fourth-order valence-electron chi connectivity index (χ4n) is 4.56. The van der Waals surface area contributed by atoms with E-state index in [0.29, 0.717) is 6.61 Å². The minimum atomic E-state index is -2.55. The summed E-state index contributed by atoms with van der Waals surface area (Å²) in [6.07, 6.45) is 21.9. The standard InChI is InChI=1S/C28H54NO3P/c1-6-11-16-17-18-19-20-31-28(30)27(25-29)26-32-33(21-12-7-2,22-13-8-3,23-14-9-4)24-15-10-5/h26H,6-24H2,1-5H3. The van der Waals surface area contributed by atoms with Crippen molar-refractivity contribution < 1.29 is 14.1 Å². The molecule has 0 amide bonds. The van der Waals surface area contributed by atoms with Gasteiger partial charge in [0.15, 0.2) is 0 Å². The van der Waals surface area contributed by atoms with Crippen LogP contribution < -0.4 is 0 Å². The Morgan fingerprint density at radius 1 is 0.697 bits per heavy atom. The van der Waals surface area contributed by atoms with Crippen LogP contribution in [0.1, 0.15) is 125 Å². The van der Waals surface area contributed by atoms with E-state index in [1.54, 1.807) is 0 Å². The minimum absolute atomic E-state index is 0.0241. The Labute approximate surface area is 205 Å². The Morgan fingerprint density at radius 2 is 1.12 bits per heavy atom. The average molecular weight is 484 g/mol. The Bertz CT molecular complexity index is 539. The number of carbonyl (C=O) groups excluding carboxylic acids is 1.